The van der Waals surface area contributed by atoms with E-state index in [1.54, 1.807) is 12.1 Å². The molecular weight excluding hydrogens is 338 g/mol. The second-order valence-corrected chi connectivity index (χ2v) is 6.86. The fourth-order valence-electron chi connectivity index (χ4n) is 3.07. The molecule has 2 aromatic rings. The number of carbonyl (C=O) groups excluding carboxylic acids is 1. The molecule has 144 valence electrons. The molecule has 0 unspecified atom stereocenters. The lowest BCUT2D eigenvalue weighted by atomic mass is 10.0. The molecule has 2 aromatic carbocycles. The van der Waals surface area contributed by atoms with Gasteiger partial charge in [-0.05, 0) is 29.7 Å². The van der Waals surface area contributed by atoms with Gasteiger partial charge in [0, 0.05) is 5.56 Å². The Balaban J connectivity index is 1.88. The van der Waals surface area contributed by atoms with Gasteiger partial charge in [-0.2, -0.15) is 0 Å². The van der Waals surface area contributed by atoms with E-state index in [-0.39, 0.29) is 5.91 Å². The zero-order valence-corrected chi connectivity index (χ0v) is 16.0. The van der Waals surface area contributed by atoms with E-state index < -0.39 is 12.0 Å². The van der Waals surface area contributed by atoms with Crippen LogP contribution in [0, 0.1) is 0 Å². The van der Waals surface area contributed by atoms with Crippen LogP contribution in [-0.4, -0.2) is 23.0 Å². The molecule has 0 bridgehead atoms. The number of amides is 1. The summed E-state index contributed by atoms with van der Waals surface area (Å²) in [5, 5.41) is 12.0. The molecule has 2 rings (SSSR count). The van der Waals surface area contributed by atoms with Crippen molar-refractivity contribution in [3.63, 3.8) is 0 Å². The first kappa shape index (κ1) is 20.7. The summed E-state index contributed by atoms with van der Waals surface area (Å²) in [7, 11) is 0. The third-order valence-electron chi connectivity index (χ3n) is 4.70. The van der Waals surface area contributed by atoms with Crippen LogP contribution >= 0.6 is 0 Å². The molecule has 1 atom stereocenters. The van der Waals surface area contributed by atoms with E-state index in [1.807, 2.05) is 42.5 Å². The van der Waals surface area contributed by atoms with Crippen molar-refractivity contribution in [3.8, 4) is 11.1 Å². The zero-order valence-electron chi connectivity index (χ0n) is 16.0. The second-order valence-electron chi connectivity index (χ2n) is 6.86. The fraction of sp³-hybridized carbons (Fsp3) is 0.391. The topological polar surface area (TPSA) is 66.4 Å². The maximum absolute atomic E-state index is 12.4. The molecule has 4 nitrogen and oxygen atoms in total. The summed E-state index contributed by atoms with van der Waals surface area (Å²) in [6.07, 6.45) is 7.01. The molecular formula is C23H29NO3. The molecule has 4 heteroatoms. The number of hydrogen-bond acceptors (Lipinski definition) is 2. The number of carboxylic acid groups (broad SMARTS) is 1. The molecule has 27 heavy (non-hydrogen) atoms. The minimum absolute atomic E-state index is 0.340. The summed E-state index contributed by atoms with van der Waals surface area (Å²) in [4.78, 5) is 23.9. The van der Waals surface area contributed by atoms with Crippen LogP contribution in [0.25, 0.3) is 11.1 Å². The standard InChI is InChI=1S/C23H29NO3/c1-2-3-4-5-6-10-13-21(23(26)27)24-22(25)20-16-14-19(15-17-20)18-11-8-7-9-12-18/h7-9,11-12,14-17,21H,2-6,10,13H2,1H3,(H,24,25)(H,26,27)/t21-/m0/s1. The summed E-state index contributed by atoms with van der Waals surface area (Å²) < 4.78 is 0. The number of hydrogen-bond donors (Lipinski definition) is 2. The molecule has 0 aromatic heterocycles. The van der Waals surface area contributed by atoms with Crippen LogP contribution in [0.15, 0.2) is 54.6 Å². The van der Waals surface area contributed by atoms with Crippen molar-refractivity contribution in [3.05, 3.63) is 60.2 Å². The van der Waals surface area contributed by atoms with Gasteiger partial charge in [-0.15, -0.1) is 0 Å². The Hall–Kier alpha value is -2.62. The highest BCUT2D eigenvalue weighted by Crippen LogP contribution is 2.19. The summed E-state index contributed by atoms with van der Waals surface area (Å²) in [5.74, 6) is -1.31. The van der Waals surface area contributed by atoms with Crippen LogP contribution in [-0.2, 0) is 4.79 Å². The first-order valence-electron chi connectivity index (χ1n) is 9.81. The molecule has 0 aliphatic heterocycles. The Kier molecular flexibility index (Phi) is 8.56. The Morgan fingerprint density at radius 1 is 0.852 bits per heavy atom. The predicted molar refractivity (Wildman–Crippen MR) is 109 cm³/mol. The van der Waals surface area contributed by atoms with Gasteiger partial charge < -0.3 is 10.4 Å². The van der Waals surface area contributed by atoms with Gasteiger partial charge in [0.25, 0.3) is 5.91 Å². The molecule has 0 aliphatic rings. The summed E-state index contributed by atoms with van der Waals surface area (Å²) in [6, 6.07) is 16.3. The third kappa shape index (κ3) is 6.89. The normalized spacial score (nSPS) is 11.7. The lowest BCUT2D eigenvalue weighted by molar-refractivity contribution is -0.139. The summed E-state index contributed by atoms with van der Waals surface area (Å²) in [6.45, 7) is 2.17. The van der Waals surface area contributed by atoms with Crippen molar-refractivity contribution in [1.29, 1.82) is 0 Å². The smallest absolute Gasteiger partial charge is 0.326 e. The molecule has 0 heterocycles. The maximum atomic E-state index is 12.4. The summed E-state index contributed by atoms with van der Waals surface area (Å²) in [5.41, 5.74) is 2.58. The molecule has 0 radical (unpaired) electrons. The Bertz CT molecular complexity index is 710. The molecule has 1 amide bonds. The molecule has 2 N–H and O–H groups in total. The monoisotopic (exact) mass is 367 g/mol. The molecule has 0 fully saturated rings. The average molecular weight is 367 g/mol. The van der Waals surface area contributed by atoms with Crippen LogP contribution < -0.4 is 5.32 Å². The lowest BCUT2D eigenvalue weighted by Gasteiger charge is -2.14. The SMILES string of the molecule is CCCCCCCC[C@H](NC(=O)c1ccc(-c2ccccc2)cc1)C(=O)O. The van der Waals surface area contributed by atoms with Gasteiger partial charge in [0.1, 0.15) is 6.04 Å². The Morgan fingerprint density at radius 2 is 1.44 bits per heavy atom. The van der Waals surface area contributed by atoms with Gasteiger partial charge in [0.2, 0.25) is 0 Å². The number of aliphatic carboxylic acids is 1. The van der Waals surface area contributed by atoms with Crippen LogP contribution in [0.3, 0.4) is 0 Å². The zero-order chi connectivity index (χ0) is 19.5. The average Bonchev–Trinajstić information content (AvgIpc) is 2.70. The second kappa shape index (κ2) is 11.2. The van der Waals surface area contributed by atoms with E-state index in [2.05, 4.69) is 12.2 Å². The quantitative estimate of drug-likeness (QED) is 0.531. The van der Waals surface area contributed by atoms with Crippen molar-refractivity contribution in [2.75, 3.05) is 0 Å². The van der Waals surface area contributed by atoms with Crippen molar-refractivity contribution < 1.29 is 14.7 Å². The van der Waals surface area contributed by atoms with Crippen LogP contribution in [0.1, 0.15) is 62.2 Å². The van der Waals surface area contributed by atoms with E-state index in [0.717, 1.165) is 30.4 Å². The first-order chi connectivity index (χ1) is 13.1. The van der Waals surface area contributed by atoms with Crippen molar-refractivity contribution in [2.24, 2.45) is 0 Å². The largest absolute Gasteiger partial charge is 0.480 e. The third-order valence-corrected chi connectivity index (χ3v) is 4.70. The minimum atomic E-state index is -0.974. The van der Waals surface area contributed by atoms with Crippen molar-refractivity contribution in [2.45, 2.75) is 57.9 Å². The number of benzene rings is 2. The molecule has 0 saturated heterocycles. The van der Waals surface area contributed by atoms with Gasteiger partial charge in [-0.25, -0.2) is 4.79 Å². The van der Waals surface area contributed by atoms with Crippen molar-refractivity contribution >= 4 is 11.9 Å². The fourth-order valence-corrected chi connectivity index (χ4v) is 3.07. The molecule has 0 saturated carbocycles. The number of unbranched alkanes of at least 4 members (excludes halogenated alkanes) is 5. The van der Waals surface area contributed by atoms with Crippen LogP contribution in [0.4, 0.5) is 0 Å². The van der Waals surface area contributed by atoms with Crippen LogP contribution in [0.5, 0.6) is 0 Å². The number of nitrogens with one attached hydrogen (secondary N) is 1. The number of rotatable bonds is 11. The van der Waals surface area contributed by atoms with E-state index in [9.17, 15) is 14.7 Å². The molecule has 0 aliphatic carbocycles. The van der Waals surface area contributed by atoms with Gasteiger partial charge in [-0.1, -0.05) is 87.9 Å². The van der Waals surface area contributed by atoms with Gasteiger partial charge in [0.05, 0.1) is 0 Å². The lowest BCUT2D eigenvalue weighted by Crippen LogP contribution is -2.40. The van der Waals surface area contributed by atoms with E-state index in [1.165, 1.54) is 19.3 Å². The first-order valence-corrected chi connectivity index (χ1v) is 9.81. The van der Waals surface area contributed by atoms with Gasteiger partial charge in [0.15, 0.2) is 0 Å². The van der Waals surface area contributed by atoms with Crippen LogP contribution in [0.2, 0.25) is 0 Å². The maximum Gasteiger partial charge on any atom is 0.326 e. The highest BCUT2D eigenvalue weighted by molar-refractivity contribution is 5.97. The highest BCUT2D eigenvalue weighted by atomic mass is 16.4. The minimum Gasteiger partial charge on any atom is -0.480 e. The summed E-state index contributed by atoms with van der Waals surface area (Å²) >= 11 is 0. The predicted octanol–water partition coefficient (Wildman–Crippen LogP) is 5.29. The highest BCUT2D eigenvalue weighted by Gasteiger charge is 2.20. The Labute approximate surface area is 161 Å². The van der Waals surface area contributed by atoms with Gasteiger partial charge in [-0.3, -0.25) is 4.79 Å². The number of carbonyl (C=O) groups is 2. The van der Waals surface area contributed by atoms with E-state index >= 15 is 0 Å². The number of carboxylic acids is 1. The van der Waals surface area contributed by atoms with Gasteiger partial charge >= 0.3 is 5.97 Å². The molecule has 0 spiro atoms. The van der Waals surface area contributed by atoms with E-state index in [0.29, 0.717) is 12.0 Å². The van der Waals surface area contributed by atoms with Crippen molar-refractivity contribution in [1.82, 2.24) is 5.32 Å². The Morgan fingerprint density at radius 3 is 2.07 bits per heavy atom. The van der Waals surface area contributed by atoms with E-state index in [4.69, 9.17) is 0 Å².